The summed E-state index contributed by atoms with van der Waals surface area (Å²) in [4.78, 5) is 37.5. The van der Waals surface area contributed by atoms with Crippen LogP contribution in [-0.2, 0) is 11.0 Å². The first-order chi connectivity index (χ1) is 19.2. The summed E-state index contributed by atoms with van der Waals surface area (Å²) in [6, 6.07) is 4.18. The van der Waals surface area contributed by atoms with Crippen molar-refractivity contribution < 1.29 is 27.5 Å². The number of nitrogens with zero attached hydrogens (tertiary/aromatic N) is 4. The van der Waals surface area contributed by atoms with E-state index in [4.69, 9.17) is 4.74 Å². The molecule has 10 nitrogen and oxygen atoms in total. The van der Waals surface area contributed by atoms with Gasteiger partial charge >= 0.3 is 12.2 Å². The maximum Gasteiger partial charge on any atom is 0.416 e. The molecule has 3 fully saturated rings. The normalized spacial score (nSPS) is 21.9. The molecule has 1 aromatic heterocycles. The zero-order valence-corrected chi connectivity index (χ0v) is 22.2. The van der Waals surface area contributed by atoms with Crippen LogP contribution < -0.4 is 30.5 Å². The van der Waals surface area contributed by atoms with Crippen molar-refractivity contribution in [3.8, 4) is 5.88 Å². The maximum atomic E-state index is 13.4. The lowest BCUT2D eigenvalue weighted by molar-refractivity contribution is -0.137. The summed E-state index contributed by atoms with van der Waals surface area (Å²) in [5.74, 6) is 0.988. The smallest absolute Gasteiger partial charge is 0.416 e. The molecule has 0 bridgehead atoms. The van der Waals surface area contributed by atoms with E-state index >= 15 is 0 Å². The van der Waals surface area contributed by atoms with Crippen LogP contribution in [0.5, 0.6) is 5.88 Å². The van der Waals surface area contributed by atoms with E-state index < -0.39 is 17.8 Å². The molecule has 2 aliphatic heterocycles. The molecule has 40 heavy (non-hydrogen) atoms. The number of halogens is 3. The third kappa shape index (κ3) is 7.05. The van der Waals surface area contributed by atoms with Crippen LogP contribution in [0.2, 0.25) is 0 Å². The number of aromatic nitrogens is 2. The SMILES string of the molecule is O=C1CN(c2ccc(C(F)(F)F)cc2NC(=O)NC2CCC(Oc3ccnc(N4CCCCC4)n3)CC2)CCN1. The van der Waals surface area contributed by atoms with Gasteiger partial charge < -0.3 is 30.5 Å². The Balaban J connectivity index is 1.16. The Morgan fingerprint density at radius 3 is 2.52 bits per heavy atom. The molecule has 1 aliphatic carbocycles. The van der Waals surface area contributed by atoms with Crippen LogP contribution in [0.15, 0.2) is 30.5 Å². The van der Waals surface area contributed by atoms with Crippen molar-refractivity contribution in [2.75, 3.05) is 47.8 Å². The van der Waals surface area contributed by atoms with Gasteiger partial charge in [0, 0.05) is 44.5 Å². The quantitative estimate of drug-likeness (QED) is 0.490. The summed E-state index contributed by atoms with van der Waals surface area (Å²) < 4.78 is 46.3. The highest BCUT2D eigenvalue weighted by Gasteiger charge is 2.32. The predicted octanol–water partition coefficient (Wildman–Crippen LogP) is 3.93. The molecule has 13 heteroatoms. The van der Waals surface area contributed by atoms with Crippen molar-refractivity contribution in [3.05, 3.63) is 36.0 Å². The third-order valence-electron chi connectivity index (χ3n) is 7.50. The lowest BCUT2D eigenvalue weighted by Gasteiger charge is -2.31. The lowest BCUT2D eigenvalue weighted by atomic mass is 9.93. The van der Waals surface area contributed by atoms with Crippen molar-refractivity contribution in [1.82, 2.24) is 20.6 Å². The van der Waals surface area contributed by atoms with Crippen molar-refractivity contribution in [1.29, 1.82) is 0 Å². The molecule has 0 radical (unpaired) electrons. The number of hydrogen-bond donors (Lipinski definition) is 3. The number of benzene rings is 1. The van der Waals surface area contributed by atoms with Crippen LogP contribution in [-0.4, -0.2) is 66.8 Å². The van der Waals surface area contributed by atoms with Gasteiger partial charge in [0.15, 0.2) is 0 Å². The molecule has 0 atom stereocenters. The van der Waals surface area contributed by atoms with Crippen LogP contribution in [0.3, 0.4) is 0 Å². The number of rotatable bonds is 6. The van der Waals surface area contributed by atoms with E-state index in [1.54, 1.807) is 17.2 Å². The number of piperazine rings is 1. The molecule has 2 aromatic rings. The highest BCUT2D eigenvalue weighted by atomic mass is 19.4. The number of alkyl halides is 3. The van der Waals surface area contributed by atoms with Crippen LogP contribution in [0.1, 0.15) is 50.5 Å². The topological polar surface area (TPSA) is 112 Å². The van der Waals surface area contributed by atoms with Crippen molar-refractivity contribution in [2.24, 2.45) is 0 Å². The van der Waals surface area contributed by atoms with E-state index in [1.165, 1.54) is 12.5 Å². The van der Waals surface area contributed by atoms with Gasteiger partial charge in [0.05, 0.1) is 23.5 Å². The van der Waals surface area contributed by atoms with Gasteiger partial charge in [-0.3, -0.25) is 4.79 Å². The number of carbonyl (C=O) groups excluding carboxylic acids is 2. The highest BCUT2D eigenvalue weighted by molar-refractivity contribution is 5.94. The summed E-state index contributed by atoms with van der Waals surface area (Å²) in [7, 11) is 0. The summed E-state index contributed by atoms with van der Waals surface area (Å²) >= 11 is 0. The monoisotopic (exact) mass is 561 g/mol. The van der Waals surface area contributed by atoms with Gasteiger partial charge in [-0.05, 0) is 63.1 Å². The number of nitrogens with one attached hydrogen (secondary N) is 3. The maximum absolute atomic E-state index is 13.4. The number of hydrogen-bond acceptors (Lipinski definition) is 7. The minimum atomic E-state index is -4.57. The minimum absolute atomic E-state index is 0.00244. The predicted molar refractivity (Wildman–Crippen MR) is 144 cm³/mol. The van der Waals surface area contributed by atoms with E-state index in [0.29, 0.717) is 56.3 Å². The number of urea groups is 1. The molecular formula is C27H34F3N7O3. The van der Waals surface area contributed by atoms with Gasteiger partial charge in [0.1, 0.15) is 6.10 Å². The molecule has 5 rings (SSSR count). The second-order valence-corrected chi connectivity index (χ2v) is 10.4. The first kappa shape index (κ1) is 27.8. The number of ether oxygens (including phenoxy) is 1. The Kier molecular flexibility index (Phi) is 8.46. The number of piperidine rings is 1. The second-order valence-electron chi connectivity index (χ2n) is 10.4. The largest absolute Gasteiger partial charge is 0.474 e. The standard InChI is InChI=1S/C27H34F3N7O3/c28-27(29,30)18-4-9-22(37-15-12-31-23(38)17-37)21(16-18)34-26(39)33-19-5-7-20(8-6-19)40-24-10-11-32-25(35-24)36-13-2-1-3-14-36/h4,9-11,16,19-20H,1-3,5-8,12-15,17H2,(H,31,38)(H2,33,34,39). The average molecular weight is 562 g/mol. The summed E-state index contributed by atoms with van der Waals surface area (Å²) in [6.45, 7) is 2.67. The number of amides is 3. The minimum Gasteiger partial charge on any atom is -0.474 e. The fraction of sp³-hybridized carbons (Fsp3) is 0.556. The molecule has 0 spiro atoms. The van der Waals surface area contributed by atoms with E-state index in [9.17, 15) is 22.8 Å². The Bertz CT molecular complexity index is 1200. The molecule has 3 heterocycles. The van der Waals surface area contributed by atoms with Crippen molar-refractivity contribution in [2.45, 2.75) is 63.3 Å². The Hall–Kier alpha value is -3.77. The van der Waals surface area contributed by atoms with Gasteiger partial charge in [-0.2, -0.15) is 18.2 Å². The van der Waals surface area contributed by atoms with E-state index in [1.807, 2.05) is 0 Å². The first-order valence-corrected chi connectivity index (χ1v) is 13.8. The number of anilines is 3. The molecule has 2 saturated heterocycles. The van der Waals surface area contributed by atoms with Crippen LogP contribution in [0.25, 0.3) is 0 Å². The molecule has 0 unspecified atom stereocenters. The summed E-state index contributed by atoms with van der Waals surface area (Å²) in [5, 5.41) is 8.17. The third-order valence-corrected chi connectivity index (χ3v) is 7.50. The van der Waals surface area contributed by atoms with Crippen LogP contribution >= 0.6 is 0 Å². The fourth-order valence-corrected chi connectivity index (χ4v) is 5.42. The van der Waals surface area contributed by atoms with E-state index in [2.05, 4.69) is 30.8 Å². The number of carbonyl (C=O) groups is 2. The fourth-order valence-electron chi connectivity index (χ4n) is 5.42. The average Bonchev–Trinajstić information content (AvgIpc) is 2.94. The second kappa shape index (κ2) is 12.2. The Labute approximate surface area is 230 Å². The van der Waals surface area contributed by atoms with Crippen molar-refractivity contribution >= 4 is 29.3 Å². The van der Waals surface area contributed by atoms with Gasteiger partial charge in [0.25, 0.3) is 0 Å². The Morgan fingerprint density at radius 1 is 1.02 bits per heavy atom. The summed E-state index contributed by atoms with van der Waals surface area (Å²) in [6.07, 6.45) is 3.28. The zero-order valence-electron chi connectivity index (χ0n) is 22.2. The van der Waals surface area contributed by atoms with Gasteiger partial charge in [-0.25, -0.2) is 9.78 Å². The molecule has 1 saturated carbocycles. The van der Waals surface area contributed by atoms with E-state index in [-0.39, 0.29) is 30.3 Å². The molecule has 216 valence electrons. The molecule has 3 N–H and O–H groups in total. The zero-order chi connectivity index (χ0) is 28.1. The first-order valence-electron chi connectivity index (χ1n) is 13.8. The van der Waals surface area contributed by atoms with Gasteiger partial charge in [0.2, 0.25) is 17.7 Å². The molecule has 1 aromatic carbocycles. The van der Waals surface area contributed by atoms with Crippen LogP contribution in [0, 0.1) is 0 Å². The van der Waals surface area contributed by atoms with Gasteiger partial charge in [-0.1, -0.05) is 0 Å². The highest BCUT2D eigenvalue weighted by Crippen LogP contribution is 2.36. The molecule has 3 amide bonds. The lowest BCUT2D eigenvalue weighted by Crippen LogP contribution is -2.48. The molecular weight excluding hydrogens is 527 g/mol. The van der Waals surface area contributed by atoms with Crippen LogP contribution in [0.4, 0.5) is 35.3 Å². The van der Waals surface area contributed by atoms with E-state index in [0.717, 1.165) is 38.1 Å². The van der Waals surface area contributed by atoms with Gasteiger partial charge in [-0.15, -0.1) is 0 Å². The van der Waals surface area contributed by atoms with Crippen molar-refractivity contribution in [3.63, 3.8) is 0 Å². The summed E-state index contributed by atoms with van der Waals surface area (Å²) in [5.41, 5.74) is -0.505. The Morgan fingerprint density at radius 2 is 1.80 bits per heavy atom. The molecule has 3 aliphatic rings.